The van der Waals surface area contributed by atoms with E-state index >= 15 is 0 Å². The molecule has 0 saturated heterocycles. The number of fused-ring (bicyclic) bond motifs is 16. The third kappa shape index (κ3) is 13.8. The zero-order valence-corrected chi connectivity index (χ0v) is 73.2. The first kappa shape index (κ1) is 77.3. The van der Waals surface area contributed by atoms with Gasteiger partial charge in [0.25, 0.3) is 0 Å². The molecule has 0 saturated carbocycles. The molecule has 14 aromatic rings. The number of aryl methyl sites for hydroxylation is 17. The Bertz CT molecular complexity index is 7040. The predicted molar refractivity (Wildman–Crippen MR) is 494 cm³/mol. The minimum atomic E-state index is 0. The van der Waals surface area contributed by atoms with Gasteiger partial charge in [0, 0.05) is 61.0 Å². The number of nitrogens with one attached hydrogen (secondary N) is 2. The summed E-state index contributed by atoms with van der Waals surface area (Å²) in [7, 11) is 0. The minimum Gasteiger partial charge on any atom is -0.657 e. The number of benzene rings is 8. The van der Waals surface area contributed by atoms with Crippen LogP contribution in [0.2, 0.25) is 0 Å². The average molecular weight is 1580 g/mol. The molecule has 0 fully saturated rings. The smallest absolute Gasteiger partial charge is 0.657 e. The molecule has 118 heavy (non-hydrogen) atoms. The van der Waals surface area contributed by atoms with Gasteiger partial charge in [-0.05, 0) is 360 Å². The van der Waals surface area contributed by atoms with Gasteiger partial charge in [-0.3, -0.25) is 0 Å². The third-order valence-corrected chi connectivity index (χ3v) is 23.6. The van der Waals surface area contributed by atoms with Crippen molar-refractivity contribution >= 4 is 92.7 Å². The summed E-state index contributed by atoms with van der Waals surface area (Å²) in [6, 6.07) is 61.6. The first-order chi connectivity index (χ1) is 56.4. The van der Waals surface area contributed by atoms with Crippen LogP contribution in [0.4, 0.5) is 0 Å². The quantitative estimate of drug-likeness (QED) is 0.116. The second-order valence-corrected chi connectivity index (χ2v) is 32.8. The van der Waals surface area contributed by atoms with Crippen molar-refractivity contribution in [3.05, 3.63) is 327 Å². The zero-order chi connectivity index (χ0) is 81.3. The van der Waals surface area contributed by atoms with Crippen molar-refractivity contribution in [2.24, 2.45) is 0 Å². The molecular weight excluding hydrogens is 1490 g/mol. The largest absolute Gasteiger partial charge is 2.00 e. The van der Waals surface area contributed by atoms with Crippen molar-refractivity contribution in [2.45, 2.75) is 118 Å². The first-order valence-corrected chi connectivity index (χ1v) is 40.3. The second-order valence-electron chi connectivity index (χ2n) is 32.8. The molecule has 16 bridgehead atoms. The third-order valence-electron chi connectivity index (χ3n) is 23.6. The van der Waals surface area contributed by atoms with Crippen molar-refractivity contribution in [1.29, 1.82) is 0 Å². The van der Waals surface area contributed by atoms with E-state index in [0.29, 0.717) is 0 Å². The zero-order valence-electron chi connectivity index (χ0n) is 70.3. The summed E-state index contributed by atoms with van der Waals surface area (Å²) in [6.45, 7) is 37.2. The molecule has 18 rings (SSSR count). The summed E-state index contributed by atoms with van der Waals surface area (Å²) in [5.41, 5.74) is 52.7. The standard InChI is InChI=1S/C109H90N8.Zn/c1-19-75-56-73(17)101(74(18)57-75)109-94-44-42-90(116-94)106(98-67(11)50-60(4)51-68(98)12)86-36-32-82(112-86)103(83-33-37-87(113-83)107(91-43-45-95(109)117-91)99-69(13)52-61(5)53-70(99)14)79-28-24-77(25-29-79)21-20-76-22-26-78(27-23-76)102-80-30-34-84(110-80)104(96-63(7)46-58(2)47-64(96)8)88-38-40-92(114-88)108(100-71(15)54-62(6)55-72(100)16)93-41-39-89(115-93)105(85-35-31-81(102)111-85)97-65(9)48-59(3)49-66(97)10;/h1,22-57,110,115H,2-18H3;/q-2;+2. The van der Waals surface area contributed by atoms with Crippen LogP contribution in [0.25, 0.3) is 182 Å². The Kier molecular flexibility index (Phi) is 19.9. The maximum absolute atomic E-state index is 6.07. The van der Waals surface area contributed by atoms with Crippen molar-refractivity contribution < 1.29 is 19.5 Å². The van der Waals surface area contributed by atoms with Crippen LogP contribution in [0, 0.1) is 142 Å². The Hall–Kier alpha value is -13.3. The van der Waals surface area contributed by atoms with Crippen molar-refractivity contribution in [3.8, 4) is 113 Å². The van der Waals surface area contributed by atoms with Crippen LogP contribution in [-0.2, 0) is 19.5 Å². The van der Waals surface area contributed by atoms with E-state index in [0.717, 1.165) is 223 Å². The molecule has 10 heterocycles. The van der Waals surface area contributed by atoms with E-state index in [1.54, 1.807) is 0 Å². The van der Waals surface area contributed by atoms with Gasteiger partial charge in [-0.1, -0.05) is 155 Å². The molecule has 0 radical (unpaired) electrons. The maximum Gasteiger partial charge on any atom is 2.00 e. The molecule has 2 N–H and O–H groups in total. The summed E-state index contributed by atoms with van der Waals surface area (Å²) in [6.07, 6.45) is 23.4. The van der Waals surface area contributed by atoms with Crippen LogP contribution in [0.3, 0.4) is 0 Å². The number of rotatable bonds is 8. The molecule has 9 heteroatoms. The van der Waals surface area contributed by atoms with E-state index in [1.807, 2.05) is 0 Å². The number of hydrogen-bond acceptors (Lipinski definition) is 4. The monoisotopic (exact) mass is 1570 g/mol. The van der Waals surface area contributed by atoms with Gasteiger partial charge in [0.05, 0.1) is 45.6 Å². The van der Waals surface area contributed by atoms with E-state index in [-0.39, 0.29) is 19.5 Å². The molecule has 4 aliphatic rings. The molecule has 0 aliphatic carbocycles. The van der Waals surface area contributed by atoms with Gasteiger partial charge in [-0.25, -0.2) is 19.9 Å². The Morgan fingerprint density at radius 2 is 0.441 bits per heavy atom. The Balaban J connectivity index is 0.00000998. The molecule has 8 nitrogen and oxygen atoms in total. The number of terminal acetylenes is 1. The second kappa shape index (κ2) is 30.4. The summed E-state index contributed by atoms with van der Waals surface area (Å²) in [5.74, 6) is 10.0. The van der Waals surface area contributed by atoms with E-state index in [1.165, 1.54) is 66.8 Å². The van der Waals surface area contributed by atoms with Gasteiger partial charge in [-0.15, -0.1) is 28.5 Å². The van der Waals surface area contributed by atoms with E-state index in [4.69, 9.17) is 36.3 Å². The van der Waals surface area contributed by atoms with Crippen LogP contribution in [0.1, 0.15) is 157 Å². The topological polar surface area (TPSA) is 111 Å². The molecule has 6 aromatic heterocycles. The van der Waals surface area contributed by atoms with Crippen molar-refractivity contribution in [1.82, 2.24) is 39.9 Å². The van der Waals surface area contributed by atoms with Gasteiger partial charge in [0.2, 0.25) is 0 Å². The number of aromatic amines is 2. The van der Waals surface area contributed by atoms with E-state index < -0.39 is 0 Å². The summed E-state index contributed by atoms with van der Waals surface area (Å²) in [5, 5.41) is 0. The fourth-order valence-corrected chi connectivity index (χ4v) is 19.3. The van der Waals surface area contributed by atoms with Gasteiger partial charge < -0.3 is 19.9 Å². The molecule has 0 unspecified atom stereocenters. The van der Waals surface area contributed by atoms with Gasteiger partial charge in [0.15, 0.2) is 0 Å². The summed E-state index contributed by atoms with van der Waals surface area (Å²) >= 11 is 0. The van der Waals surface area contributed by atoms with Gasteiger partial charge in [-0.2, -0.15) is 0 Å². The molecule has 0 atom stereocenters. The van der Waals surface area contributed by atoms with Crippen LogP contribution in [0.5, 0.6) is 0 Å². The number of nitrogens with zero attached hydrogens (tertiary/aromatic N) is 6. The van der Waals surface area contributed by atoms with Gasteiger partial charge in [0.1, 0.15) is 0 Å². The average Bonchev–Trinajstić information content (AvgIpc) is 1.60. The minimum absolute atomic E-state index is 0. The molecule has 0 spiro atoms. The maximum atomic E-state index is 6.07. The van der Waals surface area contributed by atoms with Crippen LogP contribution >= 0.6 is 0 Å². The summed E-state index contributed by atoms with van der Waals surface area (Å²) in [4.78, 5) is 42.3. The molecule has 0 amide bonds. The van der Waals surface area contributed by atoms with Crippen LogP contribution < -0.4 is 9.97 Å². The molecule has 568 valence electrons. The Morgan fingerprint density at radius 3 is 0.712 bits per heavy atom. The predicted octanol–water partition coefficient (Wildman–Crippen LogP) is 26.8. The number of hydrogen-bond donors (Lipinski definition) is 2. The fourth-order valence-electron chi connectivity index (χ4n) is 19.3. The van der Waals surface area contributed by atoms with E-state index in [2.05, 4.69) is 364 Å². The molecule has 4 aliphatic heterocycles. The SMILES string of the molecule is C#Cc1cc(C)c(-c2c3nc(c(-c4c(C)cc(C)cc4C)c4ccc([n-]4)c(-c4ccc(C#Cc5ccc(-c6c7nc(c(-c8c(C)cc(C)cc8C)c8ccc([nH]8)c(-c8c(C)cc(C)cc8C)c8nc(c(-c9c(C)cc(C)cc9C)c9ccc6[nH]9)C=C8)C=C7)cc5)cc4)c4nc(c(-c5c(C)cc(C)cc5C)c5ccc2[n-]5)C=C4)C=C3)c(C)c1.[Zn+2]. The fraction of sp³-hybridized carbons (Fsp3) is 0.156. The summed E-state index contributed by atoms with van der Waals surface area (Å²) < 4.78 is 0. The Morgan fingerprint density at radius 1 is 0.229 bits per heavy atom. The molecular formula is C109H90N8Zn. The normalized spacial score (nSPS) is 12.0. The molecule has 8 aromatic carbocycles. The van der Waals surface area contributed by atoms with Gasteiger partial charge >= 0.3 is 19.5 Å². The van der Waals surface area contributed by atoms with Crippen LogP contribution in [-0.4, -0.2) is 29.9 Å². The van der Waals surface area contributed by atoms with Crippen LogP contribution in [0.15, 0.2) is 170 Å². The number of H-pyrrole nitrogens is 2. The first-order valence-electron chi connectivity index (χ1n) is 40.3. The van der Waals surface area contributed by atoms with Crippen molar-refractivity contribution in [2.75, 3.05) is 0 Å². The van der Waals surface area contributed by atoms with Crippen molar-refractivity contribution in [3.63, 3.8) is 0 Å². The number of aromatic nitrogens is 8. The Labute approximate surface area is 704 Å². The van der Waals surface area contributed by atoms with E-state index in [9.17, 15) is 0 Å².